The molecule has 1 aliphatic heterocycles. The van der Waals surface area contributed by atoms with E-state index in [4.69, 9.17) is 4.74 Å². The Labute approximate surface area is 187 Å². The third-order valence-corrected chi connectivity index (χ3v) is 7.42. The molecule has 1 unspecified atom stereocenters. The lowest BCUT2D eigenvalue weighted by molar-refractivity contribution is -0.129. The molecular weight excluding hydrogens is 435 g/mol. The number of nitrogens with one attached hydrogen (secondary N) is 1. The van der Waals surface area contributed by atoms with Gasteiger partial charge in [0.2, 0.25) is 10.0 Å². The number of hydrogen-bond donors (Lipinski definition) is 1. The number of esters is 1. The molecule has 1 saturated heterocycles. The van der Waals surface area contributed by atoms with Gasteiger partial charge in [0.1, 0.15) is 5.82 Å². The summed E-state index contributed by atoms with van der Waals surface area (Å²) >= 11 is 0. The van der Waals surface area contributed by atoms with E-state index in [2.05, 4.69) is 12.2 Å². The molecule has 1 atom stereocenters. The van der Waals surface area contributed by atoms with Gasteiger partial charge in [0.25, 0.3) is 5.91 Å². The van der Waals surface area contributed by atoms with Gasteiger partial charge in [0.15, 0.2) is 6.10 Å². The van der Waals surface area contributed by atoms with Crippen LogP contribution in [0.3, 0.4) is 0 Å². The number of amides is 1. The quantitative estimate of drug-likeness (QED) is 0.639. The molecule has 0 aliphatic carbocycles. The van der Waals surface area contributed by atoms with Crippen LogP contribution in [0.4, 0.5) is 4.39 Å². The van der Waals surface area contributed by atoms with Crippen LogP contribution in [-0.4, -0.2) is 43.8 Å². The molecule has 0 radical (unpaired) electrons. The lowest BCUT2D eigenvalue weighted by Gasteiger charge is -2.29. The fourth-order valence-corrected chi connectivity index (χ4v) is 4.82. The largest absolute Gasteiger partial charge is 0.449 e. The smallest absolute Gasteiger partial charge is 0.338 e. The van der Waals surface area contributed by atoms with Crippen molar-refractivity contribution in [2.75, 3.05) is 13.1 Å². The minimum atomic E-state index is -3.61. The number of hydrogen-bond acceptors (Lipinski definition) is 5. The highest BCUT2D eigenvalue weighted by Gasteiger charge is 2.28. The fraction of sp³-hybridized carbons (Fsp3) is 0.391. The topological polar surface area (TPSA) is 92.8 Å². The van der Waals surface area contributed by atoms with Gasteiger partial charge in [0, 0.05) is 19.6 Å². The number of sulfonamides is 1. The SMILES string of the molecule is CC1CCN(S(=O)(=O)c2ccc(C(=O)OC(C)C(=O)NCc3ccc(F)cc3)cc2)CC1. The molecule has 9 heteroatoms. The summed E-state index contributed by atoms with van der Waals surface area (Å²) in [7, 11) is -3.61. The van der Waals surface area contributed by atoms with Gasteiger partial charge >= 0.3 is 5.97 Å². The molecule has 2 aromatic carbocycles. The van der Waals surface area contributed by atoms with Crippen molar-refractivity contribution < 1.29 is 27.1 Å². The summed E-state index contributed by atoms with van der Waals surface area (Å²) in [6.07, 6.45) is 0.594. The number of carbonyl (C=O) groups excluding carboxylic acids is 2. The first kappa shape index (κ1) is 23.9. The van der Waals surface area contributed by atoms with Crippen molar-refractivity contribution in [2.24, 2.45) is 5.92 Å². The molecule has 3 rings (SSSR count). The van der Waals surface area contributed by atoms with Crippen molar-refractivity contribution in [1.82, 2.24) is 9.62 Å². The standard InChI is InChI=1S/C23H27FN2O5S/c1-16-11-13-26(14-12-16)32(29,30)21-9-5-19(6-10-21)23(28)31-17(2)22(27)25-15-18-3-7-20(24)8-4-18/h3-10,16-17H,11-15H2,1-2H3,(H,25,27). The van der Waals surface area contributed by atoms with E-state index in [1.54, 1.807) is 12.1 Å². The van der Waals surface area contributed by atoms with Gasteiger partial charge in [-0.15, -0.1) is 0 Å². The van der Waals surface area contributed by atoms with Crippen LogP contribution in [0.2, 0.25) is 0 Å². The maximum atomic E-state index is 12.9. The number of halogens is 1. The number of carbonyl (C=O) groups is 2. The predicted octanol–water partition coefficient (Wildman–Crippen LogP) is 3.11. The molecule has 1 aliphatic rings. The molecule has 32 heavy (non-hydrogen) atoms. The summed E-state index contributed by atoms with van der Waals surface area (Å²) in [5.41, 5.74) is 0.854. The Kier molecular flexibility index (Phi) is 7.63. The van der Waals surface area contributed by atoms with Crippen LogP contribution in [0.25, 0.3) is 0 Å². The third kappa shape index (κ3) is 5.92. The Morgan fingerprint density at radius 3 is 2.28 bits per heavy atom. The molecule has 1 heterocycles. The molecule has 0 saturated carbocycles. The third-order valence-electron chi connectivity index (χ3n) is 5.50. The number of nitrogens with zero attached hydrogens (tertiary/aromatic N) is 1. The Balaban J connectivity index is 1.55. The minimum absolute atomic E-state index is 0.119. The van der Waals surface area contributed by atoms with Crippen LogP contribution < -0.4 is 5.32 Å². The van der Waals surface area contributed by atoms with E-state index in [-0.39, 0.29) is 22.8 Å². The zero-order valence-electron chi connectivity index (χ0n) is 18.1. The highest BCUT2D eigenvalue weighted by Crippen LogP contribution is 2.23. The van der Waals surface area contributed by atoms with Crippen LogP contribution in [-0.2, 0) is 26.1 Å². The van der Waals surface area contributed by atoms with Crippen molar-refractivity contribution in [3.8, 4) is 0 Å². The molecular formula is C23H27FN2O5S. The van der Waals surface area contributed by atoms with Crippen LogP contribution in [0.15, 0.2) is 53.4 Å². The lowest BCUT2D eigenvalue weighted by atomic mass is 10.0. The van der Waals surface area contributed by atoms with Gasteiger partial charge in [-0.3, -0.25) is 4.79 Å². The Bertz CT molecular complexity index is 1050. The summed E-state index contributed by atoms with van der Waals surface area (Å²) in [5.74, 6) is -1.09. The van der Waals surface area contributed by atoms with Gasteiger partial charge in [-0.2, -0.15) is 4.31 Å². The maximum absolute atomic E-state index is 12.9. The summed E-state index contributed by atoms with van der Waals surface area (Å²) in [5, 5.41) is 2.62. The van der Waals surface area contributed by atoms with Crippen LogP contribution in [0.5, 0.6) is 0 Å². The van der Waals surface area contributed by atoms with Gasteiger partial charge < -0.3 is 10.1 Å². The van der Waals surface area contributed by atoms with Crippen LogP contribution in [0.1, 0.15) is 42.6 Å². The van der Waals surface area contributed by atoms with Gasteiger partial charge in [-0.1, -0.05) is 19.1 Å². The molecule has 172 valence electrons. The van der Waals surface area contributed by atoms with Gasteiger partial charge in [-0.05, 0) is 67.6 Å². The summed E-state index contributed by atoms with van der Waals surface area (Å²) in [4.78, 5) is 24.7. The summed E-state index contributed by atoms with van der Waals surface area (Å²) < 4.78 is 45.2. The van der Waals surface area contributed by atoms with E-state index >= 15 is 0 Å². The number of rotatable bonds is 7. The predicted molar refractivity (Wildman–Crippen MR) is 117 cm³/mol. The Morgan fingerprint density at radius 2 is 1.69 bits per heavy atom. The highest BCUT2D eigenvalue weighted by molar-refractivity contribution is 7.89. The molecule has 0 spiro atoms. The fourth-order valence-electron chi connectivity index (χ4n) is 3.35. The highest BCUT2D eigenvalue weighted by atomic mass is 32.2. The Hall–Kier alpha value is -2.78. The number of piperidine rings is 1. The second kappa shape index (κ2) is 10.2. The second-order valence-corrected chi connectivity index (χ2v) is 9.94. The summed E-state index contributed by atoms with van der Waals surface area (Å²) in [6, 6.07) is 11.2. The number of benzene rings is 2. The molecule has 1 N–H and O–H groups in total. The van der Waals surface area contributed by atoms with E-state index in [1.807, 2.05) is 0 Å². The maximum Gasteiger partial charge on any atom is 0.338 e. The van der Waals surface area contributed by atoms with Crippen molar-refractivity contribution >= 4 is 21.9 Å². The average molecular weight is 463 g/mol. The lowest BCUT2D eigenvalue weighted by Crippen LogP contribution is -2.37. The minimum Gasteiger partial charge on any atom is -0.449 e. The van der Waals surface area contributed by atoms with E-state index in [0.29, 0.717) is 24.6 Å². The second-order valence-electron chi connectivity index (χ2n) is 8.00. The first-order valence-electron chi connectivity index (χ1n) is 10.5. The molecule has 2 aromatic rings. The van der Waals surface area contributed by atoms with Crippen molar-refractivity contribution in [1.29, 1.82) is 0 Å². The molecule has 0 bridgehead atoms. The first-order valence-corrected chi connectivity index (χ1v) is 11.9. The Morgan fingerprint density at radius 1 is 1.09 bits per heavy atom. The van der Waals surface area contributed by atoms with Crippen LogP contribution in [0, 0.1) is 11.7 Å². The molecule has 1 fully saturated rings. The zero-order valence-corrected chi connectivity index (χ0v) is 18.9. The average Bonchev–Trinajstić information content (AvgIpc) is 2.78. The number of ether oxygens (including phenoxy) is 1. The normalized spacial score (nSPS) is 16.3. The molecule has 7 nitrogen and oxygen atoms in total. The van der Waals surface area contributed by atoms with E-state index < -0.39 is 28.0 Å². The monoisotopic (exact) mass is 462 g/mol. The first-order chi connectivity index (χ1) is 15.2. The van der Waals surface area contributed by atoms with Crippen LogP contribution >= 0.6 is 0 Å². The van der Waals surface area contributed by atoms with E-state index in [1.165, 1.54) is 47.6 Å². The van der Waals surface area contributed by atoms with Gasteiger partial charge in [0.05, 0.1) is 10.5 Å². The van der Waals surface area contributed by atoms with E-state index in [0.717, 1.165) is 12.8 Å². The van der Waals surface area contributed by atoms with Crippen molar-refractivity contribution in [3.05, 3.63) is 65.5 Å². The van der Waals surface area contributed by atoms with Gasteiger partial charge in [-0.25, -0.2) is 17.6 Å². The summed E-state index contributed by atoms with van der Waals surface area (Å²) in [6.45, 7) is 4.68. The molecule has 1 amide bonds. The van der Waals surface area contributed by atoms with Crippen molar-refractivity contribution in [2.45, 2.75) is 44.2 Å². The molecule has 0 aromatic heterocycles. The zero-order chi connectivity index (χ0) is 23.3. The van der Waals surface area contributed by atoms with Crippen molar-refractivity contribution in [3.63, 3.8) is 0 Å². The van der Waals surface area contributed by atoms with E-state index in [9.17, 15) is 22.4 Å².